The summed E-state index contributed by atoms with van der Waals surface area (Å²) in [6.07, 6.45) is 9.91. The van der Waals surface area contributed by atoms with Crippen LogP contribution in [0.3, 0.4) is 0 Å². The van der Waals surface area contributed by atoms with E-state index < -0.39 is 0 Å². The Bertz CT molecular complexity index is 312. The minimum Gasteiger partial charge on any atom is -0.339 e. The van der Waals surface area contributed by atoms with Crippen LogP contribution in [0, 0.1) is 0 Å². The Labute approximate surface area is 76.5 Å². The second-order valence-corrected chi connectivity index (χ2v) is 3.12. The third-order valence-electron chi connectivity index (χ3n) is 1.94. The van der Waals surface area contributed by atoms with Crippen LogP contribution < -0.4 is 0 Å². The van der Waals surface area contributed by atoms with Crippen molar-refractivity contribution < 1.29 is 0 Å². The molecule has 2 aliphatic rings. The lowest BCUT2D eigenvalue weighted by Crippen LogP contribution is -2.20. The molecule has 0 N–H and O–H groups in total. The van der Waals surface area contributed by atoms with Gasteiger partial charge in [0, 0.05) is 7.05 Å². The van der Waals surface area contributed by atoms with E-state index in [0.29, 0.717) is 0 Å². The largest absolute Gasteiger partial charge is 0.339 e. The van der Waals surface area contributed by atoms with E-state index in [0.717, 1.165) is 11.4 Å². The molecule has 0 aromatic carbocycles. The molecule has 1 heterocycles. The zero-order chi connectivity index (χ0) is 8.55. The number of rotatable bonds is 0. The minimum absolute atomic E-state index is 0.248. The van der Waals surface area contributed by atoms with Gasteiger partial charge in [0.05, 0.1) is 11.4 Å². The topological polar surface area (TPSA) is 15.6 Å². The molecule has 1 atom stereocenters. The maximum Gasteiger partial charge on any atom is 0.198 e. The van der Waals surface area contributed by atoms with Gasteiger partial charge in [0.25, 0.3) is 0 Å². The Balaban J connectivity index is 2.43. The summed E-state index contributed by atoms with van der Waals surface area (Å²) in [7, 11) is 1.94. The van der Waals surface area contributed by atoms with Gasteiger partial charge in [-0.05, 0) is 12.2 Å². The fourth-order valence-electron chi connectivity index (χ4n) is 1.25. The Kier molecular flexibility index (Phi) is 1.77. The van der Waals surface area contributed by atoms with Gasteiger partial charge in [-0.1, -0.05) is 29.8 Å². The summed E-state index contributed by atoms with van der Waals surface area (Å²) in [5.41, 5.74) is 1.80. The molecule has 0 saturated carbocycles. The second kappa shape index (κ2) is 2.79. The van der Waals surface area contributed by atoms with Crippen LogP contribution in [0.25, 0.3) is 0 Å². The highest BCUT2D eigenvalue weighted by Crippen LogP contribution is 2.23. The predicted octanol–water partition coefficient (Wildman–Crippen LogP) is 1.91. The summed E-state index contributed by atoms with van der Waals surface area (Å²) in [5, 5.41) is 0. The highest BCUT2D eigenvalue weighted by atomic mass is 35.5. The first-order valence-electron chi connectivity index (χ1n) is 3.79. The van der Waals surface area contributed by atoms with E-state index in [1.54, 1.807) is 0 Å². The monoisotopic (exact) mass is 180 g/mol. The van der Waals surface area contributed by atoms with Crippen molar-refractivity contribution in [3.63, 3.8) is 0 Å². The fraction of sp³-hybridized carbons (Fsp3) is 0.222. The molecule has 0 radical (unpaired) electrons. The molecule has 62 valence electrons. The number of alkyl halides is 1. The van der Waals surface area contributed by atoms with Gasteiger partial charge in [-0.2, -0.15) is 0 Å². The van der Waals surface area contributed by atoms with Crippen LogP contribution in [0.2, 0.25) is 0 Å². The van der Waals surface area contributed by atoms with Gasteiger partial charge in [-0.15, -0.1) is 0 Å². The number of fused-ring (bicyclic) bond motifs is 1. The van der Waals surface area contributed by atoms with Crippen molar-refractivity contribution in [1.29, 1.82) is 0 Å². The molecule has 0 saturated heterocycles. The molecule has 0 amide bonds. The number of allylic oxidation sites excluding steroid dienone is 5. The molecular formula is C9H9ClN2. The van der Waals surface area contributed by atoms with E-state index in [2.05, 4.69) is 4.99 Å². The molecule has 0 spiro atoms. The summed E-state index contributed by atoms with van der Waals surface area (Å²) in [4.78, 5) is 6.21. The lowest BCUT2D eigenvalue weighted by Gasteiger charge is -2.15. The van der Waals surface area contributed by atoms with Gasteiger partial charge in [0.15, 0.2) is 5.62 Å². The van der Waals surface area contributed by atoms with Crippen LogP contribution in [0.4, 0.5) is 0 Å². The fourth-order valence-corrected chi connectivity index (χ4v) is 1.46. The van der Waals surface area contributed by atoms with Gasteiger partial charge >= 0.3 is 0 Å². The molecule has 12 heavy (non-hydrogen) atoms. The van der Waals surface area contributed by atoms with Crippen LogP contribution in [-0.4, -0.2) is 23.3 Å². The van der Waals surface area contributed by atoms with Gasteiger partial charge < -0.3 is 4.90 Å². The predicted molar refractivity (Wildman–Crippen MR) is 51.2 cm³/mol. The van der Waals surface area contributed by atoms with E-state index in [1.165, 1.54) is 0 Å². The van der Waals surface area contributed by atoms with Gasteiger partial charge in [-0.25, -0.2) is 4.99 Å². The van der Waals surface area contributed by atoms with E-state index in [1.807, 2.05) is 42.3 Å². The molecule has 0 aromatic heterocycles. The average Bonchev–Trinajstić information content (AvgIpc) is 2.30. The quantitative estimate of drug-likeness (QED) is 0.411. The molecule has 0 aromatic rings. The Morgan fingerprint density at radius 3 is 3.08 bits per heavy atom. The Morgan fingerprint density at radius 1 is 1.42 bits per heavy atom. The summed E-state index contributed by atoms with van der Waals surface area (Å²) >= 11 is 5.93. The zero-order valence-corrected chi connectivity index (χ0v) is 7.49. The Morgan fingerprint density at radius 2 is 2.25 bits per heavy atom. The first kappa shape index (κ1) is 7.62. The Hall–Kier alpha value is -1.02. The maximum absolute atomic E-state index is 5.93. The molecule has 1 unspecified atom stereocenters. The van der Waals surface area contributed by atoms with Crippen molar-refractivity contribution >= 4 is 17.3 Å². The maximum atomic E-state index is 5.93. The number of hydrogen-bond acceptors (Lipinski definition) is 2. The van der Waals surface area contributed by atoms with Crippen LogP contribution in [0.1, 0.15) is 0 Å². The van der Waals surface area contributed by atoms with Crippen LogP contribution in [-0.2, 0) is 0 Å². The van der Waals surface area contributed by atoms with E-state index in [-0.39, 0.29) is 5.62 Å². The summed E-state index contributed by atoms with van der Waals surface area (Å²) < 4.78 is 0. The van der Waals surface area contributed by atoms with Crippen LogP contribution >= 0.6 is 11.6 Å². The number of nitrogens with zero attached hydrogens (tertiary/aromatic N) is 2. The second-order valence-electron chi connectivity index (χ2n) is 2.73. The lowest BCUT2D eigenvalue weighted by atomic mass is 10.2. The summed E-state index contributed by atoms with van der Waals surface area (Å²) in [6.45, 7) is 0. The SMILES string of the molecule is CN1C2=CC=CC=CC2=NC1Cl. The molecular weight excluding hydrogens is 172 g/mol. The number of halogens is 1. The van der Waals surface area contributed by atoms with Gasteiger partial charge in [-0.3, -0.25) is 0 Å². The number of aliphatic imine (C=N–C) groups is 1. The number of hydrogen-bond donors (Lipinski definition) is 0. The normalized spacial score (nSPS) is 26.5. The molecule has 1 aliphatic heterocycles. The van der Waals surface area contributed by atoms with Crippen molar-refractivity contribution in [3.8, 4) is 0 Å². The van der Waals surface area contributed by atoms with Crippen LogP contribution in [0.5, 0.6) is 0 Å². The zero-order valence-electron chi connectivity index (χ0n) is 6.74. The molecule has 1 aliphatic carbocycles. The third-order valence-corrected chi connectivity index (χ3v) is 2.33. The van der Waals surface area contributed by atoms with Crippen molar-refractivity contribution in [3.05, 3.63) is 36.1 Å². The molecule has 0 bridgehead atoms. The average molecular weight is 181 g/mol. The molecule has 2 nitrogen and oxygen atoms in total. The first-order valence-corrected chi connectivity index (χ1v) is 4.23. The van der Waals surface area contributed by atoms with E-state index in [9.17, 15) is 0 Å². The van der Waals surface area contributed by atoms with E-state index >= 15 is 0 Å². The van der Waals surface area contributed by atoms with Crippen molar-refractivity contribution in [2.45, 2.75) is 5.62 Å². The highest BCUT2D eigenvalue weighted by Gasteiger charge is 2.23. The van der Waals surface area contributed by atoms with Gasteiger partial charge in [0.2, 0.25) is 0 Å². The van der Waals surface area contributed by atoms with Gasteiger partial charge in [0.1, 0.15) is 0 Å². The van der Waals surface area contributed by atoms with Crippen molar-refractivity contribution in [1.82, 2.24) is 4.90 Å². The smallest absolute Gasteiger partial charge is 0.198 e. The van der Waals surface area contributed by atoms with Crippen molar-refractivity contribution in [2.24, 2.45) is 4.99 Å². The van der Waals surface area contributed by atoms with Crippen LogP contribution in [0.15, 0.2) is 41.1 Å². The first-order chi connectivity index (χ1) is 5.79. The summed E-state index contributed by atoms with van der Waals surface area (Å²) in [6, 6.07) is 0. The third kappa shape index (κ3) is 1.08. The summed E-state index contributed by atoms with van der Waals surface area (Å²) in [5.74, 6) is 0. The molecule has 0 fully saturated rings. The lowest BCUT2D eigenvalue weighted by molar-refractivity contribution is 0.437. The minimum atomic E-state index is -0.248. The van der Waals surface area contributed by atoms with Crippen molar-refractivity contribution in [2.75, 3.05) is 7.05 Å². The molecule has 3 heteroatoms. The standard InChI is InChI=1S/C9H9ClN2/c1-12-8-6-4-2-3-5-7(8)11-9(12)10/h2-6,9H,1H3. The molecule has 2 rings (SSSR count). The van der Waals surface area contributed by atoms with E-state index in [4.69, 9.17) is 11.6 Å². The highest BCUT2D eigenvalue weighted by molar-refractivity contribution is 6.24.